The lowest BCUT2D eigenvalue weighted by Gasteiger charge is -2.33. The van der Waals surface area contributed by atoms with E-state index >= 15 is 0 Å². The van der Waals surface area contributed by atoms with Crippen LogP contribution in [-0.2, 0) is 4.74 Å². The van der Waals surface area contributed by atoms with Crippen molar-refractivity contribution in [3.05, 3.63) is 0 Å². The molecule has 2 aliphatic heterocycles. The van der Waals surface area contributed by atoms with Crippen LogP contribution in [0.1, 0.15) is 51.9 Å². The fourth-order valence-electron chi connectivity index (χ4n) is 3.95. The number of rotatable bonds is 8. The molecule has 24 heavy (non-hydrogen) atoms. The Kier molecular flexibility index (Phi) is 6.78. The van der Waals surface area contributed by atoms with E-state index in [0.29, 0.717) is 6.54 Å². The Morgan fingerprint density at radius 1 is 1.17 bits per heavy atom. The number of nitrogens with zero attached hydrogens (tertiary/aromatic N) is 2. The largest absolute Gasteiger partial charge is 0.376 e. The van der Waals surface area contributed by atoms with Crippen molar-refractivity contribution >= 4 is 6.03 Å². The van der Waals surface area contributed by atoms with E-state index in [2.05, 4.69) is 17.1 Å². The standard InChI is InChI=1S/C19H35N3O2/c1-2-21(15-17-5-6-17)10-7-16-8-11-22(12-9-16)19(23)20-14-18-4-3-13-24-18/h16-18H,2-15H2,1H3,(H,20,23). The van der Waals surface area contributed by atoms with E-state index in [-0.39, 0.29) is 12.1 Å². The summed E-state index contributed by atoms with van der Waals surface area (Å²) in [5.41, 5.74) is 0. The summed E-state index contributed by atoms with van der Waals surface area (Å²) in [7, 11) is 0. The van der Waals surface area contributed by atoms with Crippen LogP contribution in [0.5, 0.6) is 0 Å². The molecule has 1 unspecified atom stereocenters. The molecule has 0 spiro atoms. The Labute approximate surface area is 147 Å². The third-order valence-corrected chi connectivity index (χ3v) is 5.92. The summed E-state index contributed by atoms with van der Waals surface area (Å²) in [6.07, 6.45) is 8.94. The quantitative estimate of drug-likeness (QED) is 0.741. The Morgan fingerprint density at radius 2 is 1.96 bits per heavy atom. The molecule has 3 fully saturated rings. The topological polar surface area (TPSA) is 44.8 Å². The highest BCUT2D eigenvalue weighted by molar-refractivity contribution is 5.74. The third-order valence-electron chi connectivity index (χ3n) is 5.92. The molecule has 1 saturated carbocycles. The first-order chi connectivity index (χ1) is 11.7. The molecule has 1 atom stereocenters. The summed E-state index contributed by atoms with van der Waals surface area (Å²) in [6.45, 7) is 9.36. The first kappa shape index (κ1) is 18.0. The summed E-state index contributed by atoms with van der Waals surface area (Å²) in [5.74, 6) is 1.78. The molecule has 2 amide bonds. The molecule has 0 aromatic rings. The molecule has 2 saturated heterocycles. The molecule has 1 aliphatic carbocycles. The number of amides is 2. The molecule has 0 bridgehead atoms. The Balaban J connectivity index is 1.29. The van der Waals surface area contributed by atoms with Gasteiger partial charge in [0.1, 0.15) is 0 Å². The Morgan fingerprint density at radius 3 is 2.58 bits per heavy atom. The van der Waals surface area contributed by atoms with Crippen LogP contribution in [0.3, 0.4) is 0 Å². The molecule has 3 aliphatic rings. The number of likely N-dealkylation sites (tertiary alicyclic amines) is 1. The highest BCUT2D eigenvalue weighted by Crippen LogP contribution is 2.30. The van der Waals surface area contributed by atoms with Crippen molar-refractivity contribution in [3.8, 4) is 0 Å². The van der Waals surface area contributed by atoms with Crippen molar-refractivity contribution in [1.29, 1.82) is 0 Å². The Bertz CT molecular complexity index is 386. The van der Waals surface area contributed by atoms with Crippen LogP contribution in [0, 0.1) is 11.8 Å². The van der Waals surface area contributed by atoms with Gasteiger partial charge in [0.2, 0.25) is 0 Å². The van der Waals surface area contributed by atoms with Crippen LogP contribution in [0.25, 0.3) is 0 Å². The first-order valence-electron chi connectivity index (χ1n) is 10.1. The monoisotopic (exact) mass is 337 g/mol. The summed E-state index contributed by atoms with van der Waals surface area (Å²) >= 11 is 0. The normalized spacial score (nSPS) is 25.4. The second kappa shape index (κ2) is 9.04. The number of carbonyl (C=O) groups excluding carboxylic acids is 1. The van der Waals surface area contributed by atoms with Gasteiger partial charge in [0.05, 0.1) is 6.10 Å². The second-order valence-electron chi connectivity index (χ2n) is 7.88. The minimum atomic E-state index is 0.105. The van der Waals surface area contributed by atoms with Gasteiger partial charge in [-0.05, 0) is 69.9 Å². The van der Waals surface area contributed by atoms with E-state index in [4.69, 9.17) is 4.74 Å². The fourth-order valence-corrected chi connectivity index (χ4v) is 3.95. The lowest BCUT2D eigenvalue weighted by molar-refractivity contribution is 0.107. The van der Waals surface area contributed by atoms with Gasteiger partial charge in [-0.25, -0.2) is 4.79 Å². The predicted molar refractivity (Wildman–Crippen MR) is 96.1 cm³/mol. The van der Waals surface area contributed by atoms with Gasteiger partial charge in [-0.3, -0.25) is 0 Å². The van der Waals surface area contributed by atoms with Crippen molar-refractivity contribution in [2.75, 3.05) is 45.9 Å². The highest BCUT2D eigenvalue weighted by atomic mass is 16.5. The highest BCUT2D eigenvalue weighted by Gasteiger charge is 2.26. The average molecular weight is 338 g/mol. The molecule has 138 valence electrons. The number of piperidine rings is 1. The zero-order chi connectivity index (χ0) is 16.8. The van der Waals surface area contributed by atoms with Crippen molar-refractivity contribution in [3.63, 3.8) is 0 Å². The summed E-state index contributed by atoms with van der Waals surface area (Å²) < 4.78 is 5.57. The number of urea groups is 1. The van der Waals surface area contributed by atoms with Crippen molar-refractivity contribution in [2.24, 2.45) is 11.8 Å². The van der Waals surface area contributed by atoms with Gasteiger partial charge in [-0.1, -0.05) is 6.92 Å². The lowest BCUT2D eigenvalue weighted by Crippen LogP contribution is -2.46. The summed E-state index contributed by atoms with van der Waals surface area (Å²) in [4.78, 5) is 16.9. The van der Waals surface area contributed by atoms with Crippen LogP contribution in [0.15, 0.2) is 0 Å². The van der Waals surface area contributed by atoms with Gasteiger partial charge in [0.15, 0.2) is 0 Å². The lowest BCUT2D eigenvalue weighted by atomic mass is 9.93. The van der Waals surface area contributed by atoms with E-state index in [0.717, 1.165) is 57.2 Å². The van der Waals surface area contributed by atoms with E-state index in [1.165, 1.54) is 38.9 Å². The Hall–Kier alpha value is -0.810. The number of hydrogen-bond acceptors (Lipinski definition) is 3. The maximum atomic E-state index is 12.3. The van der Waals surface area contributed by atoms with E-state index in [1.54, 1.807) is 0 Å². The van der Waals surface area contributed by atoms with Crippen molar-refractivity contribution in [1.82, 2.24) is 15.1 Å². The molecule has 0 aromatic carbocycles. The molecule has 2 heterocycles. The molecular weight excluding hydrogens is 302 g/mol. The second-order valence-corrected chi connectivity index (χ2v) is 7.88. The molecule has 1 N–H and O–H groups in total. The molecule has 3 rings (SSSR count). The van der Waals surface area contributed by atoms with Crippen molar-refractivity contribution in [2.45, 2.75) is 58.0 Å². The number of hydrogen-bond donors (Lipinski definition) is 1. The number of ether oxygens (including phenoxy) is 1. The van der Waals surface area contributed by atoms with Crippen LogP contribution >= 0.6 is 0 Å². The average Bonchev–Trinajstić information content (AvgIpc) is 3.28. The maximum Gasteiger partial charge on any atom is 0.317 e. The smallest absolute Gasteiger partial charge is 0.317 e. The predicted octanol–water partition coefficient (Wildman–Crippen LogP) is 2.71. The maximum absolute atomic E-state index is 12.3. The van der Waals surface area contributed by atoms with E-state index in [1.807, 2.05) is 4.90 Å². The van der Waals surface area contributed by atoms with E-state index < -0.39 is 0 Å². The molecule has 0 radical (unpaired) electrons. The summed E-state index contributed by atoms with van der Waals surface area (Å²) in [6, 6.07) is 0.105. The molecule has 5 heteroatoms. The van der Waals surface area contributed by atoms with Gasteiger partial charge in [0, 0.05) is 32.8 Å². The van der Waals surface area contributed by atoms with Gasteiger partial charge < -0.3 is 19.9 Å². The van der Waals surface area contributed by atoms with Crippen molar-refractivity contribution < 1.29 is 9.53 Å². The molecular formula is C19H35N3O2. The zero-order valence-corrected chi connectivity index (χ0v) is 15.3. The van der Waals surface area contributed by atoms with Gasteiger partial charge >= 0.3 is 6.03 Å². The molecule has 5 nitrogen and oxygen atoms in total. The van der Waals surface area contributed by atoms with Crippen LogP contribution in [0.4, 0.5) is 4.79 Å². The number of carbonyl (C=O) groups is 1. The fraction of sp³-hybridized carbons (Fsp3) is 0.947. The SMILES string of the molecule is CCN(CCC1CCN(C(=O)NCC2CCCO2)CC1)CC1CC1. The van der Waals surface area contributed by atoms with Gasteiger partial charge in [-0.2, -0.15) is 0 Å². The van der Waals surface area contributed by atoms with Crippen LogP contribution in [-0.4, -0.2) is 67.8 Å². The minimum absolute atomic E-state index is 0.105. The van der Waals surface area contributed by atoms with Gasteiger partial charge in [-0.15, -0.1) is 0 Å². The minimum Gasteiger partial charge on any atom is -0.376 e. The number of nitrogens with one attached hydrogen (secondary N) is 1. The zero-order valence-electron chi connectivity index (χ0n) is 15.3. The van der Waals surface area contributed by atoms with Crippen LogP contribution in [0.2, 0.25) is 0 Å². The third kappa shape index (κ3) is 5.62. The summed E-state index contributed by atoms with van der Waals surface area (Å²) in [5, 5.41) is 3.05. The molecule has 0 aromatic heterocycles. The first-order valence-corrected chi connectivity index (χ1v) is 10.1. The van der Waals surface area contributed by atoms with E-state index in [9.17, 15) is 4.79 Å². The van der Waals surface area contributed by atoms with Crippen LogP contribution < -0.4 is 5.32 Å². The van der Waals surface area contributed by atoms with Gasteiger partial charge in [0.25, 0.3) is 0 Å².